The molecule has 0 aliphatic carbocycles. The molecule has 0 saturated heterocycles. The van der Waals surface area contributed by atoms with Crippen LogP contribution in [0.25, 0.3) is 10.9 Å². The molecule has 3 heteroatoms. The fraction of sp³-hybridized carbons (Fsp3) is 0.250. The molecule has 78 valence electrons. The highest BCUT2D eigenvalue weighted by molar-refractivity contribution is 6.06. The number of aromatic carboxylic acids is 1. The second kappa shape index (κ2) is 3.12. The topological polar surface area (TPSA) is 53.1 Å². The summed E-state index contributed by atoms with van der Waals surface area (Å²) in [6.45, 7) is 5.73. The van der Waals surface area contributed by atoms with Gasteiger partial charge in [-0.15, -0.1) is 0 Å². The van der Waals surface area contributed by atoms with Crippen LogP contribution in [-0.4, -0.2) is 16.1 Å². The van der Waals surface area contributed by atoms with Gasteiger partial charge in [-0.3, -0.25) is 0 Å². The van der Waals surface area contributed by atoms with Gasteiger partial charge in [0.1, 0.15) is 0 Å². The lowest BCUT2D eigenvalue weighted by Gasteiger charge is -2.00. The van der Waals surface area contributed by atoms with Crippen LogP contribution in [0, 0.1) is 20.8 Å². The summed E-state index contributed by atoms with van der Waals surface area (Å²) in [5.74, 6) is -0.870. The standard InChI is InChI=1S/C12H13NO2/c1-6-4-7(2)10-9(5-6)13-8(3)11(10)12(14)15/h4-5,13H,1-3H3,(H,14,15). The first-order valence-corrected chi connectivity index (χ1v) is 4.83. The number of benzene rings is 1. The summed E-state index contributed by atoms with van der Waals surface area (Å²) in [7, 11) is 0. The van der Waals surface area contributed by atoms with Gasteiger partial charge in [0, 0.05) is 16.6 Å². The third-order valence-corrected chi connectivity index (χ3v) is 2.64. The van der Waals surface area contributed by atoms with Gasteiger partial charge >= 0.3 is 5.97 Å². The highest BCUT2D eigenvalue weighted by Crippen LogP contribution is 2.26. The lowest BCUT2D eigenvalue weighted by Crippen LogP contribution is -1.97. The third-order valence-electron chi connectivity index (χ3n) is 2.64. The zero-order chi connectivity index (χ0) is 11.2. The SMILES string of the molecule is Cc1cc(C)c2c(C(=O)O)c(C)[nH]c2c1. The minimum atomic E-state index is -0.870. The molecule has 0 fully saturated rings. The van der Waals surface area contributed by atoms with Gasteiger partial charge in [-0.25, -0.2) is 4.79 Å². The van der Waals surface area contributed by atoms with Crippen LogP contribution in [0.15, 0.2) is 12.1 Å². The number of fused-ring (bicyclic) bond motifs is 1. The molecule has 0 unspecified atom stereocenters. The minimum absolute atomic E-state index is 0.391. The molecule has 2 rings (SSSR count). The Balaban J connectivity index is 2.93. The summed E-state index contributed by atoms with van der Waals surface area (Å²) in [5, 5.41) is 9.95. The van der Waals surface area contributed by atoms with Gasteiger partial charge in [-0.05, 0) is 38.0 Å². The van der Waals surface area contributed by atoms with Crippen LogP contribution in [0.1, 0.15) is 27.2 Å². The van der Waals surface area contributed by atoms with Crippen molar-refractivity contribution < 1.29 is 9.90 Å². The molecule has 0 saturated carbocycles. The van der Waals surface area contributed by atoms with Gasteiger partial charge in [-0.1, -0.05) is 6.07 Å². The van der Waals surface area contributed by atoms with Crippen LogP contribution < -0.4 is 0 Å². The predicted molar refractivity (Wildman–Crippen MR) is 59.5 cm³/mol. The average molecular weight is 203 g/mol. The Hall–Kier alpha value is -1.77. The van der Waals surface area contributed by atoms with Gasteiger partial charge in [0.25, 0.3) is 0 Å². The van der Waals surface area contributed by atoms with Crippen LogP contribution in [0.2, 0.25) is 0 Å². The van der Waals surface area contributed by atoms with E-state index in [-0.39, 0.29) is 0 Å². The Bertz CT molecular complexity index is 552. The number of nitrogens with one attached hydrogen (secondary N) is 1. The van der Waals surface area contributed by atoms with Crippen molar-refractivity contribution in [2.24, 2.45) is 0 Å². The van der Waals surface area contributed by atoms with Gasteiger partial charge < -0.3 is 10.1 Å². The van der Waals surface area contributed by atoms with E-state index < -0.39 is 5.97 Å². The van der Waals surface area contributed by atoms with Gasteiger partial charge in [0.05, 0.1) is 5.56 Å². The second-order valence-electron chi connectivity index (χ2n) is 3.93. The lowest BCUT2D eigenvalue weighted by molar-refractivity contribution is 0.0698. The van der Waals surface area contributed by atoms with E-state index in [9.17, 15) is 4.79 Å². The summed E-state index contributed by atoms with van der Waals surface area (Å²) < 4.78 is 0. The smallest absolute Gasteiger partial charge is 0.338 e. The fourth-order valence-corrected chi connectivity index (χ4v) is 2.12. The summed E-state index contributed by atoms with van der Waals surface area (Å²) >= 11 is 0. The minimum Gasteiger partial charge on any atom is -0.478 e. The average Bonchev–Trinajstić information content (AvgIpc) is 2.40. The first-order valence-electron chi connectivity index (χ1n) is 4.83. The molecule has 0 amide bonds. The summed E-state index contributed by atoms with van der Waals surface area (Å²) in [5.41, 5.74) is 4.15. The summed E-state index contributed by atoms with van der Waals surface area (Å²) in [6, 6.07) is 3.98. The first kappa shape index (κ1) is 9.77. The molecule has 0 bridgehead atoms. The van der Waals surface area contributed by atoms with Crippen molar-refractivity contribution in [1.29, 1.82) is 0 Å². The van der Waals surface area contributed by atoms with Crippen molar-refractivity contribution in [2.45, 2.75) is 20.8 Å². The van der Waals surface area contributed by atoms with E-state index in [1.165, 1.54) is 0 Å². The molecule has 15 heavy (non-hydrogen) atoms. The molecule has 2 N–H and O–H groups in total. The molecule has 0 atom stereocenters. The first-order chi connectivity index (χ1) is 7.00. The Morgan fingerprint density at radius 1 is 1.27 bits per heavy atom. The third kappa shape index (κ3) is 1.40. The van der Waals surface area contributed by atoms with Crippen LogP contribution in [0.3, 0.4) is 0 Å². The number of rotatable bonds is 1. The second-order valence-corrected chi connectivity index (χ2v) is 3.93. The maximum atomic E-state index is 11.1. The van der Waals surface area contributed by atoms with E-state index in [1.807, 2.05) is 26.0 Å². The number of hydrogen-bond donors (Lipinski definition) is 2. The normalized spacial score (nSPS) is 10.9. The van der Waals surface area contributed by atoms with E-state index in [4.69, 9.17) is 5.11 Å². The van der Waals surface area contributed by atoms with Crippen molar-refractivity contribution in [3.8, 4) is 0 Å². The highest BCUT2D eigenvalue weighted by Gasteiger charge is 2.16. The van der Waals surface area contributed by atoms with Crippen molar-refractivity contribution in [1.82, 2.24) is 4.98 Å². The number of H-pyrrole nitrogens is 1. The maximum Gasteiger partial charge on any atom is 0.338 e. The van der Waals surface area contributed by atoms with E-state index in [1.54, 1.807) is 6.92 Å². The van der Waals surface area contributed by atoms with E-state index in [2.05, 4.69) is 4.98 Å². The molecule has 1 aromatic heterocycles. The summed E-state index contributed by atoms with van der Waals surface area (Å²) in [6.07, 6.45) is 0. The van der Waals surface area contributed by atoms with Crippen molar-refractivity contribution >= 4 is 16.9 Å². The molecule has 0 radical (unpaired) electrons. The Morgan fingerprint density at radius 3 is 2.53 bits per heavy atom. The molecule has 0 spiro atoms. The van der Waals surface area contributed by atoms with Crippen molar-refractivity contribution in [3.63, 3.8) is 0 Å². The molecular weight excluding hydrogens is 190 g/mol. The zero-order valence-corrected chi connectivity index (χ0v) is 9.01. The van der Waals surface area contributed by atoms with E-state index >= 15 is 0 Å². The van der Waals surface area contributed by atoms with Gasteiger partial charge in [0.2, 0.25) is 0 Å². The molecule has 3 nitrogen and oxygen atoms in total. The van der Waals surface area contributed by atoms with Crippen molar-refractivity contribution in [2.75, 3.05) is 0 Å². The van der Waals surface area contributed by atoms with E-state index in [0.717, 1.165) is 22.0 Å². The number of aryl methyl sites for hydroxylation is 3. The van der Waals surface area contributed by atoms with Gasteiger partial charge in [-0.2, -0.15) is 0 Å². The summed E-state index contributed by atoms with van der Waals surface area (Å²) in [4.78, 5) is 14.2. The zero-order valence-electron chi connectivity index (χ0n) is 9.01. The Kier molecular flexibility index (Phi) is 2.03. The Morgan fingerprint density at radius 2 is 1.93 bits per heavy atom. The molecule has 1 aromatic carbocycles. The fourth-order valence-electron chi connectivity index (χ4n) is 2.12. The van der Waals surface area contributed by atoms with Crippen LogP contribution >= 0.6 is 0 Å². The number of carboxylic acids is 1. The highest BCUT2D eigenvalue weighted by atomic mass is 16.4. The molecule has 2 aromatic rings. The van der Waals surface area contributed by atoms with Crippen LogP contribution in [0.5, 0.6) is 0 Å². The van der Waals surface area contributed by atoms with E-state index in [0.29, 0.717) is 11.3 Å². The molecule has 1 heterocycles. The lowest BCUT2D eigenvalue weighted by atomic mass is 10.0. The maximum absolute atomic E-state index is 11.1. The number of aromatic amines is 1. The number of hydrogen-bond acceptors (Lipinski definition) is 1. The number of carboxylic acid groups (broad SMARTS) is 1. The largest absolute Gasteiger partial charge is 0.478 e. The molecular formula is C12H13NO2. The van der Waals surface area contributed by atoms with Crippen LogP contribution in [0.4, 0.5) is 0 Å². The molecule has 0 aliphatic heterocycles. The van der Waals surface area contributed by atoms with Crippen molar-refractivity contribution in [3.05, 3.63) is 34.5 Å². The predicted octanol–water partition coefficient (Wildman–Crippen LogP) is 2.79. The monoisotopic (exact) mass is 203 g/mol. The quantitative estimate of drug-likeness (QED) is 0.748. The Labute approximate surface area is 87.7 Å². The van der Waals surface area contributed by atoms with Gasteiger partial charge in [0.15, 0.2) is 0 Å². The molecule has 0 aliphatic rings. The van der Waals surface area contributed by atoms with Crippen LogP contribution in [-0.2, 0) is 0 Å². The number of aromatic nitrogens is 1. The number of carbonyl (C=O) groups is 1.